The number of anilines is 3. The van der Waals surface area contributed by atoms with Gasteiger partial charge < -0.3 is 9.47 Å². The van der Waals surface area contributed by atoms with Gasteiger partial charge in [0.2, 0.25) is 0 Å². The average molecular weight is 755 g/mol. The van der Waals surface area contributed by atoms with Crippen LogP contribution >= 0.6 is 0 Å². The fraction of sp³-hybridized carbons (Fsp3) is 0.0526. The number of hydrogen-bond acceptors (Lipinski definition) is 1. The number of nitrogens with zero attached hydrogens (tertiary/aromatic N) is 2. The van der Waals surface area contributed by atoms with Gasteiger partial charge in [-0.05, 0) is 87.0 Å². The highest BCUT2D eigenvalue weighted by molar-refractivity contribution is 6.11. The van der Waals surface area contributed by atoms with E-state index in [0.29, 0.717) is 0 Å². The van der Waals surface area contributed by atoms with Crippen LogP contribution in [-0.2, 0) is 5.41 Å². The lowest BCUT2D eigenvalue weighted by atomic mass is 9.82. The molecule has 2 nitrogen and oxygen atoms in total. The Labute approximate surface area is 345 Å². The fourth-order valence-corrected chi connectivity index (χ4v) is 9.59. The number of benzene rings is 9. The molecule has 0 atom stereocenters. The van der Waals surface area contributed by atoms with Crippen molar-refractivity contribution in [2.45, 2.75) is 19.3 Å². The Morgan fingerprint density at radius 3 is 1.58 bits per heavy atom. The van der Waals surface area contributed by atoms with Gasteiger partial charge in [0.1, 0.15) is 0 Å². The minimum absolute atomic E-state index is 0.172. The molecule has 0 spiro atoms. The summed E-state index contributed by atoms with van der Waals surface area (Å²) in [6, 6.07) is 80.0. The van der Waals surface area contributed by atoms with Crippen LogP contribution in [0.3, 0.4) is 0 Å². The molecule has 1 aliphatic rings. The van der Waals surface area contributed by atoms with Crippen LogP contribution in [0.4, 0.5) is 17.1 Å². The van der Waals surface area contributed by atoms with E-state index in [4.69, 9.17) is 0 Å². The van der Waals surface area contributed by atoms with E-state index in [9.17, 15) is 0 Å². The molecule has 11 rings (SSSR count). The number of rotatable bonds is 7. The van der Waals surface area contributed by atoms with Crippen LogP contribution in [-0.4, -0.2) is 4.57 Å². The van der Waals surface area contributed by atoms with E-state index in [-0.39, 0.29) is 5.41 Å². The molecule has 2 heteroatoms. The van der Waals surface area contributed by atoms with Gasteiger partial charge in [-0.25, -0.2) is 0 Å². The molecule has 0 fully saturated rings. The SMILES string of the molecule is CC1(C)c2ccccc2-c2ccc(N(c3ccc(-c4ccccc4)cc3-c3ccccc3)c3cccc(-c4ccccc4)c3-n3c4ccccc4c4ccccc43)cc21. The van der Waals surface area contributed by atoms with Crippen molar-refractivity contribution in [3.05, 3.63) is 230 Å². The van der Waals surface area contributed by atoms with Crippen LogP contribution in [0.1, 0.15) is 25.0 Å². The van der Waals surface area contributed by atoms with Gasteiger partial charge in [0, 0.05) is 33.0 Å². The lowest BCUT2D eigenvalue weighted by molar-refractivity contribution is 0.660. The van der Waals surface area contributed by atoms with E-state index in [0.717, 1.165) is 39.4 Å². The Bertz CT molecular complexity index is 3120. The second-order valence-corrected chi connectivity index (χ2v) is 16.1. The van der Waals surface area contributed by atoms with Crippen LogP contribution < -0.4 is 4.90 Å². The van der Waals surface area contributed by atoms with E-state index in [1.165, 1.54) is 60.8 Å². The molecule has 59 heavy (non-hydrogen) atoms. The number of fused-ring (bicyclic) bond motifs is 6. The third kappa shape index (κ3) is 5.63. The van der Waals surface area contributed by atoms with Gasteiger partial charge in [-0.2, -0.15) is 0 Å². The third-order valence-corrected chi connectivity index (χ3v) is 12.4. The summed E-state index contributed by atoms with van der Waals surface area (Å²) in [5, 5.41) is 2.47. The first-order valence-electron chi connectivity index (χ1n) is 20.5. The van der Waals surface area contributed by atoms with E-state index >= 15 is 0 Å². The van der Waals surface area contributed by atoms with E-state index in [1.54, 1.807) is 0 Å². The van der Waals surface area contributed by atoms with Crippen LogP contribution in [0.15, 0.2) is 218 Å². The van der Waals surface area contributed by atoms with Crippen LogP contribution in [0.2, 0.25) is 0 Å². The summed E-state index contributed by atoms with van der Waals surface area (Å²) in [7, 11) is 0. The number of hydrogen-bond donors (Lipinski definition) is 0. The molecule has 0 radical (unpaired) electrons. The highest BCUT2D eigenvalue weighted by Crippen LogP contribution is 2.53. The first kappa shape index (κ1) is 34.8. The Kier molecular flexibility index (Phi) is 8.20. The summed E-state index contributed by atoms with van der Waals surface area (Å²) >= 11 is 0. The lowest BCUT2D eigenvalue weighted by Crippen LogP contribution is -2.18. The molecule has 0 saturated heterocycles. The fourth-order valence-electron chi connectivity index (χ4n) is 9.59. The first-order valence-corrected chi connectivity index (χ1v) is 20.5. The van der Waals surface area contributed by atoms with Crippen molar-refractivity contribution in [2.24, 2.45) is 0 Å². The molecule has 9 aromatic carbocycles. The normalized spacial score (nSPS) is 12.7. The van der Waals surface area contributed by atoms with E-state index in [2.05, 4.69) is 242 Å². The maximum Gasteiger partial charge on any atom is 0.0781 e. The summed E-state index contributed by atoms with van der Waals surface area (Å²) in [5.41, 5.74) is 19.0. The predicted molar refractivity (Wildman–Crippen MR) is 249 cm³/mol. The Balaban J connectivity index is 1.27. The van der Waals surface area contributed by atoms with Crippen molar-refractivity contribution in [3.63, 3.8) is 0 Å². The van der Waals surface area contributed by atoms with Crippen molar-refractivity contribution >= 4 is 38.9 Å². The van der Waals surface area contributed by atoms with Crippen molar-refractivity contribution in [1.29, 1.82) is 0 Å². The summed E-state index contributed by atoms with van der Waals surface area (Å²) < 4.78 is 2.50. The maximum atomic E-state index is 2.53. The molecule has 1 heterocycles. The summed E-state index contributed by atoms with van der Waals surface area (Å²) in [6.45, 7) is 4.74. The Morgan fingerprint density at radius 1 is 0.356 bits per heavy atom. The molecule has 1 aromatic heterocycles. The van der Waals surface area contributed by atoms with Gasteiger partial charge in [-0.1, -0.05) is 190 Å². The van der Waals surface area contributed by atoms with E-state index < -0.39 is 0 Å². The monoisotopic (exact) mass is 754 g/mol. The first-order chi connectivity index (χ1) is 29.1. The van der Waals surface area contributed by atoms with Crippen molar-refractivity contribution in [3.8, 4) is 50.2 Å². The van der Waals surface area contributed by atoms with Gasteiger partial charge >= 0.3 is 0 Å². The smallest absolute Gasteiger partial charge is 0.0781 e. The second-order valence-electron chi connectivity index (χ2n) is 16.1. The van der Waals surface area contributed by atoms with Crippen molar-refractivity contribution < 1.29 is 0 Å². The second kappa shape index (κ2) is 13.9. The summed E-state index contributed by atoms with van der Waals surface area (Å²) in [4.78, 5) is 2.53. The molecule has 1 aliphatic carbocycles. The quantitative estimate of drug-likeness (QED) is 0.157. The standard InChI is InChI=1S/C57H42N2/c1-57(2)50-29-15-12-25-45(50)46-35-34-43(38-51(46)57)58(54-36-33-42(39-19-6-3-7-20-39)37-49(54)41-23-10-5-11-24-41)55-32-18-28-44(40-21-8-4-9-22-40)56(55)59-52-30-16-13-26-47(52)48-27-14-17-31-53(48)59/h3-38H,1-2H3. The van der Waals surface area contributed by atoms with Gasteiger partial charge in [0.25, 0.3) is 0 Å². The van der Waals surface area contributed by atoms with Crippen LogP contribution in [0.5, 0.6) is 0 Å². The zero-order chi connectivity index (χ0) is 39.5. The van der Waals surface area contributed by atoms with Crippen LogP contribution in [0.25, 0.3) is 72.0 Å². The van der Waals surface area contributed by atoms with E-state index in [1.807, 2.05) is 0 Å². The van der Waals surface area contributed by atoms with Gasteiger partial charge in [0.05, 0.1) is 28.1 Å². The predicted octanol–water partition coefficient (Wildman–Crippen LogP) is 15.6. The molecule has 0 saturated carbocycles. The van der Waals surface area contributed by atoms with Gasteiger partial charge in [0.15, 0.2) is 0 Å². The largest absolute Gasteiger partial charge is 0.308 e. The molecular weight excluding hydrogens is 713 g/mol. The molecule has 10 aromatic rings. The lowest BCUT2D eigenvalue weighted by Gasteiger charge is -2.32. The van der Waals surface area contributed by atoms with Crippen molar-refractivity contribution in [2.75, 3.05) is 4.90 Å². The van der Waals surface area contributed by atoms with Crippen molar-refractivity contribution in [1.82, 2.24) is 4.57 Å². The Hall–Kier alpha value is -7.42. The van der Waals surface area contributed by atoms with Gasteiger partial charge in [-0.3, -0.25) is 0 Å². The molecule has 0 amide bonds. The molecule has 280 valence electrons. The third-order valence-electron chi connectivity index (χ3n) is 12.4. The molecule has 0 unspecified atom stereocenters. The number of aromatic nitrogens is 1. The zero-order valence-corrected chi connectivity index (χ0v) is 33.2. The molecular formula is C57H42N2. The molecule has 0 N–H and O–H groups in total. The number of para-hydroxylation sites is 3. The highest BCUT2D eigenvalue weighted by atomic mass is 15.2. The highest BCUT2D eigenvalue weighted by Gasteiger charge is 2.36. The van der Waals surface area contributed by atoms with Gasteiger partial charge in [-0.15, -0.1) is 0 Å². The summed E-state index contributed by atoms with van der Waals surface area (Å²) in [6.07, 6.45) is 0. The maximum absolute atomic E-state index is 2.53. The Morgan fingerprint density at radius 2 is 0.898 bits per heavy atom. The molecule has 0 bridgehead atoms. The molecule has 0 aliphatic heterocycles. The topological polar surface area (TPSA) is 8.17 Å². The minimum atomic E-state index is -0.172. The minimum Gasteiger partial charge on any atom is -0.308 e. The average Bonchev–Trinajstić information content (AvgIpc) is 3.75. The zero-order valence-electron chi connectivity index (χ0n) is 33.2. The summed E-state index contributed by atoms with van der Waals surface area (Å²) in [5.74, 6) is 0. The van der Waals surface area contributed by atoms with Crippen LogP contribution in [0, 0.1) is 0 Å².